The minimum atomic E-state index is -1.09. The van der Waals surface area contributed by atoms with Crippen molar-refractivity contribution >= 4 is 0 Å². The Hall–Kier alpha value is -1.79. The van der Waals surface area contributed by atoms with Crippen molar-refractivity contribution in [2.45, 2.75) is 25.9 Å². The van der Waals surface area contributed by atoms with Gasteiger partial charge in [-0.1, -0.05) is 17.3 Å². The van der Waals surface area contributed by atoms with Crippen LogP contribution in [-0.4, -0.2) is 27.4 Å². The van der Waals surface area contributed by atoms with E-state index in [1.807, 2.05) is 0 Å². The zero-order valence-electron chi connectivity index (χ0n) is 10.9. The van der Waals surface area contributed by atoms with Crippen LogP contribution in [0.4, 0.5) is 4.39 Å². The molecule has 0 bridgehead atoms. The van der Waals surface area contributed by atoms with Crippen LogP contribution < -0.4 is 5.73 Å². The Morgan fingerprint density at radius 3 is 2.84 bits per heavy atom. The summed E-state index contributed by atoms with van der Waals surface area (Å²) >= 11 is 0. The van der Waals surface area contributed by atoms with E-state index in [2.05, 4.69) is 10.1 Å². The molecule has 1 aromatic carbocycles. The highest BCUT2D eigenvalue weighted by Crippen LogP contribution is 2.20. The van der Waals surface area contributed by atoms with Gasteiger partial charge in [0.1, 0.15) is 5.82 Å². The van der Waals surface area contributed by atoms with Gasteiger partial charge in [-0.05, 0) is 25.5 Å². The van der Waals surface area contributed by atoms with Crippen LogP contribution in [0, 0.1) is 12.7 Å². The molecule has 0 saturated heterocycles. The number of halogens is 1. The van der Waals surface area contributed by atoms with Gasteiger partial charge in [0.2, 0.25) is 11.7 Å². The molecule has 5 nitrogen and oxygen atoms in total. The maximum Gasteiger partial charge on any atom is 0.229 e. The second-order valence-electron chi connectivity index (χ2n) is 4.85. The van der Waals surface area contributed by atoms with Crippen molar-refractivity contribution in [2.24, 2.45) is 5.73 Å². The van der Waals surface area contributed by atoms with Crippen molar-refractivity contribution < 1.29 is 14.0 Å². The second-order valence-corrected chi connectivity index (χ2v) is 4.85. The molecule has 1 heterocycles. The lowest BCUT2D eigenvalue weighted by Gasteiger charge is -2.17. The fraction of sp³-hybridized carbons (Fsp3) is 0.385. The Kier molecular flexibility index (Phi) is 3.64. The average molecular weight is 265 g/mol. The molecule has 0 amide bonds. The van der Waals surface area contributed by atoms with Crippen LogP contribution in [0.3, 0.4) is 0 Å². The molecule has 0 aliphatic heterocycles. The fourth-order valence-electron chi connectivity index (χ4n) is 1.57. The number of nitrogens with two attached hydrogens (primary N) is 1. The third-order valence-corrected chi connectivity index (χ3v) is 2.87. The largest absolute Gasteiger partial charge is 0.388 e. The Morgan fingerprint density at radius 1 is 1.47 bits per heavy atom. The molecule has 0 aliphatic rings. The number of hydrogen-bond donors (Lipinski definition) is 2. The summed E-state index contributed by atoms with van der Waals surface area (Å²) in [6.45, 7) is 3.35. The number of hydrogen-bond acceptors (Lipinski definition) is 5. The number of nitrogens with zero attached hydrogens (tertiary/aromatic N) is 2. The van der Waals surface area contributed by atoms with Crippen LogP contribution in [0.25, 0.3) is 11.4 Å². The third-order valence-electron chi connectivity index (χ3n) is 2.87. The van der Waals surface area contributed by atoms with Gasteiger partial charge >= 0.3 is 0 Å². The molecule has 0 radical (unpaired) electrons. The van der Waals surface area contributed by atoms with Crippen LogP contribution in [0.1, 0.15) is 18.4 Å². The van der Waals surface area contributed by atoms with Gasteiger partial charge in [0, 0.05) is 12.1 Å². The molecule has 19 heavy (non-hydrogen) atoms. The van der Waals surface area contributed by atoms with E-state index in [-0.39, 0.29) is 24.7 Å². The Bertz CT molecular complexity index is 581. The maximum absolute atomic E-state index is 13.5. The van der Waals surface area contributed by atoms with E-state index in [4.69, 9.17) is 10.3 Å². The van der Waals surface area contributed by atoms with E-state index in [9.17, 15) is 9.50 Å². The summed E-state index contributed by atoms with van der Waals surface area (Å²) in [4.78, 5) is 4.12. The molecular weight excluding hydrogens is 249 g/mol. The molecule has 0 fully saturated rings. The Morgan fingerprint density at radius 2 is 2.21 bits per heavy atom. The first-order chi connectivity index (χ1) is 8.91. The summed E-state index contributed by atoms with van der Waals surface area (Å²) in [7, 11) is 0. The van der Waals surface area contributed by atoms with Crippen molar-refractivity contribution in [2.75, 3.05) is 6.54 Å². The number of rotatable bonds is 4. The predicted octanol–water partition coefficient (Wildman–Crippen LogP) is 1.44. The predicted molar refractivity (Wildman–Crippen MR) is 67.8 cm³/mol. The fourth-order valence-corrected chi connectivity index (χ4v) is 1.57. The molecule has 1 unspecified atom stereocenters. The highest BCUT2D eigenvalue weighted by atomic mass is 19.1. The van der Waals surface area contributed by atoms with Crippen LogP contribution in [0.15, 0.2) is 22.7 Å². The monoisotopic (exact) mass is 265 g/mol. The lowest BCUT2D eigenvalue weighted by atomic mass is 10.0. The van der Waals surface area contributed by atoms with Gasteiger partial charge in [-0.2, -0.15) is 4.98 Å². The Labute approximate surface area is 110 Å². The summed E-state index contributed by atoms with van der Waals surface area (Å²) in [5.41, 5.74) is 5.41. The molecule has 0 aliphatic carbocycles. The first kappa shape index (κ1) is 13.6. The van der Waals surface area contributed by atoms with E-state index >= 15 is 0 Å². The van der Waals surface area contributed by atoms with Gasteiger partial charge in [0.15, 0.2) is 0 Å². The zero-order valence-corrected chi connectivity index (χ0v) is 10.9. The highest BCUT2D eigenvalue weighted by molar-refractivity contribution is 5.54. The summed E-state index contributed by atoms with van der Waals surface area (Å²) in [6.07, 6.45) is 0.158. The average Bonchev–Trinajstić information content (AvgIpc) is 2.80. The van der Waals surface area contributed by atoms with Crippen molar-refractivity contribution in [1.29, 1.82) is 0 Å². The van der Waals surface area contributed by atoms with E-state index < -0.39 is 5.60 Å². The van der Waals surface area contributed by atoms with Gasteiger partial charge in [-0.15, -0.1) is 0 Å². The van der Waals surface area contributed by atoms with Gasteiger partial charge < -0.3 is 15.4 Å². The molecule has 6 heteroatoms. The normalized spacial score (nSPS) is 14.4. The maximum atomic E-state index is 13.5. The van der Waals surface area contributed by atoms with E-state index in [1.165, 1.54) is 6.07 Å². The van der Waals surface area contributed by atoms with Crippen LogP contribution in [0.5, 0.6) is 0 Å². The van der Waals surface area contributed by atoms with E-state index in [0.717, 1.165) is 0 Å². The molecule has 1 atom stereocenters. The molecule has 102 valence electrons. The zero-order chi connectivity index (χ0) is 14.0. The van der Waals surface area contributed by atoms with E-state index in [0.29, 0.717) is 17.0 Å². The summed E-state index contributed by atoms with van der Waals surface area (Å²) < 4.78 is 18.5. The third kappa shape index (κ3) is 3.15. The van der Waals surface area contributed by atoms with Crippen molar-refractivity contribution in [3.05, 3.63) is 35.5 Å². The van der Waals surface area contributed by atoms with Gasteiger partial charge in [0.05, 0.1) is 12.0 Å². The highest BCUT2D eigenvalue weighted by Gasteiger charge is 2.23. The number of aromatic nitrogens is 2. The molecule has 3 N–H and O–H groups in total. The summed E-state index contributed by atoms with van der Waals surface area (Å²) in [6, 6.07) is 4.72. The lowest BCUT2D eigenvalue weighted by Crippen LogP contribution is -2.36. The number of aliphatic hydroxyl groups is 1. The molecule has 0 spiro atoms. The first-order valence-electron chi connectivity index (χ1n) is 5.93. The molecular formula is C13H16FN3O2. The minimum absolute atomic E-state index is 0.0872. The quantitative estimate of drug-likeness (QED) is 0.873. The van der Waals surface area contributed by atoms with Crippen molar-refractivity contribution in [3.8, 4) is 11.4 Å². The van der Waals surface area contributed by atoms with E-state index in [1.54, 1.807) is 26.0 Å². The molecule has 0 saturated carbocycles. The summed E-state index contributed by atoms with van der Waals surface area (Å²) in [5, 5.41) is 13.6. The van der Waals surface area contributed by atoms with Gasteiger partial charge in [-0.3, -0.25) is 0 Å². The summed E-state index contributed by atoms with van der Waals surface area (Å²) in [5.74, 6) is 0.242. The van der Waals surface area contributed by atoms with Crippen LogP contribution in [0.2, 0.25) is 0 Å². The Balaban J connectivity index is 2.23. The number of benzene rings is 1. The molecule has 2 rings (SSSR count). The van der Waals surface area contributed by atoms with Crippen molar-refractivity contribution in [1.82, 2.24) is 10.1 Å². The SMILES string of the molecule is Cc1ccc(-c2noc(CC(C)(O)CN)n2)cc1F. The molecule has 1 aromatic heterocycles. The second kappa shape index (κ2) is 5.07. The van der Waals surface area contributed by atoms with Crippen LogP contribution >= 0.6 is 0 Å². The number of aryl methyl sites for hydroxylation is 1. The van der Waals surface area contributed by atoms with Gasteiger partial charge in [0.25, 0.3) is 0 Å². The smallest absolute Gasteiger partial charge is 0.229 e. The first-order valence-corrected chi connectivity index (χ1v) is 5.93. The van der Waals surface area contributed by atoms with Gasteiger partial charge in [-0.25, -0.2) is 4.39 Å². The van der Waals surface area contributed by atoms with Crippen LogP contribution in [-0.2, 0) is 6.42 Å². The minimum Gasteiger partial charge on any atom is -0.388 e. The lowest BCUT2D eigenvalue weighted by molar-refractivity contribution is 0.0610. The van der Waals surface area contributed by atoms with Crippen molar-refractivity contribution in [3.63, 3.8) is 0 Å². The topological polar surface area (TPSA) is 85.2 Å². The standard InChI is InChI=1S/C13H16FN3O2/c1-8-3-4-9(5-10(8)14)12-16-11(19-17-12)6-13(2,18)7-15/h3-5,18H,6-7,15H2,1-2H3. The molecule has 2 aromatic rings.